The van der Waals surface area contributed by atoms with Crippen molar-refractivity contribution in [2.24, 2.45) is 0 Å². The largest absolute Gasteiger partial charge is 0.488 e. The predicted octanol–water partition coefficient (Wildman–Crippen LogP) is 2.48. The van der Waals surface area contributed by atoms with Crippen molar-refractivity contribution in [3.63, 3.8) is 0 Å². The number of benzene rings is 1. The van der Waals surface area contributed by atoms with E-state index >= 15 is 0 Å². The molecule has 1 heterocycles. The number of hydrogen-bond donors (Lipinski definition) is 0. The van der Waals surface area contributed by atoms with Gasteiger partial charge < -0.3 is 4.74 Å². The lowest BCUT2D eigenvalue weighted by molar-refractivity contribution is 0.111. The van der Waals surface area contributed by atoms with Crippen molar-refractivity contribution >= 4 is 6.29 Å². The fourth-order valence-corrected chi connectivity index (χ4v) is 1.55. The van der Waals surface area contributed by atoms with E-state index in [-0.39, 0.29) is 23.6 Å². The summed E-state index contributed by atoms with van der Waals surface area (Å²) in [4.78, 5) is 14.7. The Morgan fingerprint density at radius 2 is 2.26 bits per heavy atom. The first-order valence-corrected chi connectivity index (χ1v) is 5.46. The maximum Gasteiger partial charge on any atom is 0.153 e. The van der Waals surface area contributed by atoms with Crippen LogP contribution in [0.5, 0.6) is 5.75 Å². The molecule has 0 N–H and O–H groups in total. The Kier molecular flexibility index (Phi) is 3.84. The van der Waals surface area contributed by atoms with Crippen LogP contribution in [0.15, 0.2) is 36.5 Å². The van der Waals surface area contributed by atoms with E-state index in [9.17, 15) is 9.18 Å². The number of aromatic nitrogens is 1. The number of halogens is 1. The zero-order chi connectivity index (χ0) is 13.7. The molecule has 0 radical (unpaired) electrons. The fourth-order valence-electron chi connectivity index (χ4n) is 1.55. The van der Waals surface area contributed by atoms with E-state index in [0.29, 0.717) is 11.8 Å². The van der Waals surface area contributed by atoms with E-state index in [0.717, 1.165) is 6.07 Å². The van der Waals surface area contributed by atoms with Crippen molar-refractivity contribution in [3.8, 4) is 11.8 Å². The third kappa shape index (κ3) is 2.93. The highest BCUT2D eigenvalue weighted by molar-refractivity contribution is 5.79. The molecule has 19 heavy (non-hydrogen) atoms. The summed E-state index contributed by atoms with van der Waals surface area (Å²) in [6.07, 6.45) is 2.03. The summed E-state index contributed by atoms with van der Waals surface area (Å²) in [5.41, 5.74) is 0.992. The van der Waals surface area contributed by atoms with E-state index in [2.05, 4.69) is 4.98 Å². The molecule has 2 aromatic rings. The van der Waals surface area contributed by atoms with Gasteiger partial charge in [-0.25, -0.2) is 9.37 Å². The zero-order valence-electron chi connectivity index (χ0n) is 9.84. The molecule has 5 heteroatoms. The molecule has 4 nitrogen and oxygen atoms in total. The number of ether oxygens (including phenoxy) is 1. The minimum absolute atomic E-state index is 0.0865. The number of carbonyl (C=O) groups excluding carboxylic acids is 1. The molecule has 2 rings (SSSR count). The summed E-state index contributed by atoms with van der Waals surface area (Å²) in [6.45, 7) is 0.0865. The molecule has 94 valence electrons. The summed E-state index contributed by atoms with van der Waals surface area (Å²) in [5.74, 6) is -0.238. The second kappa shape index (κ2) is 5.74. The molecule has 0 fully saturated rings. The van der Waals surface area contributed by atoms with E-state index < -0.39 is 5.82 Å². The lowest BCUT2D eigenvalue weighted by Crippen LogP contribution is -2.01. The number of hydrogen-bond acceptors (Lipinski definition) is 4. The van der Waals surface area contributed by atoms with Crippen LogP contribution in [-0.2, 0) is 6.61 Å². The van der Waals surface area contributed by atoms with Crippen molar-refractivity contribution < 1.29 is 13.9 Å². The molecule has 0 saturated heterocycles. The highest BCUT2D eigenvalue weighted by Crippen LogP contribution is 2.19. The molecule has 1 aromatic carbocycles. The number of pyridine rings is 1. The standard InChI is InChI=1S/C14H9FN2O2/c15-12-3-4-14(11(6-12)8-18)19-9-10-2-1-5-17-13(10)7-16/h1-6,8H,9H2. The number of carbonyl (C=O) groups is 1. The number of aldehydes is 1. The van der Waals surface area contributed by atoms with Gasteiger partial charge in [-0.2, -0.15) is 5.26 Å². The van der Waals surface area contributed by atoms with Crippen LogP contribution in [0, 0.1) is 17.1 Å². The van der Waals surface area contributed by atoms with Gasteiger partial charge in [0, 0.05) is 11.8 Å². The zero-order valence-corrected chi connectivity index (χ0v) is 9.84. The Labute approximate surface area is 109 Å². The normalized spacial score (nSPS) is 9.68. The van der Waals surface area contributed by atoms with Crippen LogP contribution in [-0.4, -0.2) is 11.3 Å². The summed E-state index contributed by atoms with van der Waals surface area (Å²) in [5, 5.41) is 8.88. The summed E-state index contributed by atoms with van der Waals surface area (Å²) < 4.78 is 18.4. The fraction of sp³-hybridized carbons (Fsp3) is 0.0714. The van der Waals surface area contributed by atoms with Crippen LogP contribution >= 0.6 is 0 Å². The molecule has 0 aliphatic carbocycles. The molecule has 1 aromatic heterocycles. The molecule has 0 atom stereocenters. The van der Waals surface area contributed by atoms with Crippen molar-refractivity contribution in [2.45, 2.75) is 6.61 Å². The summed E-state index contributed by atoms with van der Waals surface area (Å²) in [7, 11) is 0. The minimum Gasteiger partial charge on any atom is -0.488 e. The molecule has 0 saturated carbocycles. The van der Waals surface area contributed by atoms with Crippen LogP contribution < -0.4 is 4.74 Å². The Bertz CT molecular complexity index is 650. The van der Waals surface area contributed by atoms with Gasteiger partial charge in [0.25, 0.3) is 0 Å². The Morgan fingerprint density at radius 3 is 3.00 bits per heavy atom. The second-order valence-corrected chi connectivity index (χ2v) is 3.71. The summed E-state index contributed by atoms with van der Waals surface area (Å²) >= 11 is 0. The predicted molar refractivity (Wildman–Crippen MR) is 65.1 cm³/mol. The maximum atomic E-state index is 12.9. The quantitative estimate of drug-likeness (QED) is 0.788. The van der Waals surface area contributed by atoms with Crippen LogP contribution in [0.4, 0.5) is 4.39 Å². The van der Waals surface area contributed by atoms with E-state index in [1.165, 1.54) is 18.3 Å². The Morgan fingerprint density at radius 1 is 1.42 bits per heavy atom. The van der Waals surface area contributed by atoms with Gasteiger partial charge in [0.2, 0.25) is 0 Å². The molecule has 0 aliphatic heterocycles. The lowest BCUT2D eigenvalue weighted by Gasteiger charge is -2.09. The van der Waals surface area contributed by atoms with Crippen molar-refractivity contribution in [3.05, 3.63) is 59.2 Å². The third-order valence-corrected chi connectivity index (χ3v) is 2.48. The minimum atomic E-state index is -0.506. The van der Waals surface area contributed by atoms with Crippen molar-refractivity contribution in [1.82, 2.24) is 4.98 Å². The molecule has 0 bridgehead atoms. The van der Waals surface area contributed by atoms with Crippen LogP contribution in [0.3, 0.4) is 0 Å². The van der Waals surface area contributed by atoms with Crippen molar-refractivity contribution in [1.29, 1.82) is 5.26 Å². The van der Waals surface area contributed by atoms with Gasteiger partial charge >= 0.3 is 0 Å². The first-order chi connectivity index (χ1) is 9.24. The SMILES string of the molecule is N#Cc1ncccc1COc1ccc(F)cc1C=O. The van der Waals surface area contributed by atoms with Crippen molar-refractivity contribution in [2.75, 3.05) is 0 Å². The molecule has 0 unspecified atom stereocenters. The van der Waals surface area contributed by atoms with Gasteiger partial charge in [0.1, 0.15) is 29.9 Å². The molecular weight excluding hydrogens is 247 g/mol. The number of nitrogens with zero attached hydrogens (tertiary/aromatic N) is 2. The lowest BCUT2D eigenvalue weighted by atomic mass is 10.2. The van der Waals surface area contributed by atoms with E-state index in [1.807, 2.05) is 6.07 Å². The van der Waals surface area contributed by atoms with Gasteiger partial charge in [-0.1, -0.05) is 6.07 Å². The molecule has 0 amide bonds. The number of rotatable bonds is 4. The average molecular weight is 256 g/mol. The van der Waals surface area contributed by atoms with Gasteiger partial charge in [0.05, 0.1) is 5.56 Å². The monoisotopic (exact) mass is 256 g/mol. The first-order valence-electron chi connectivity index (χ1n) is 5.46. The van der Waals surface area contributed by atoms with Crippen LogP contribution in [0.2, 0.25) is 0 Å². The molecule has 0 spiro atoms. The second-order valence-electron chi connectivity index (χ2n) is 3.71. The van der Waals surface area contributed by atoms with Gasteiger partial charge in [0.15, 0.2) is 6.29 Å². The smallest absolute Gasteiger partial charge is 0.153 e. The molecular formula is C14H9FN2O2. The molecule has 0 aliphatic rings. The van der Waals surface area contributed by atoms with Gasteiger partial charge in [-0.05, 0) is 24.3 Å². The third-order valence-electron chi connectivity index (χ3n) is 2.48. The van der Waals surface area contributed by atoms with Gasteiger partial charge in [-0.15, -0.1) is 0 Å². The highest BCUT2D eigenvalue weighted by Gasteiger charge is 2.07. The first kappa shape index (κ1) is 12.7. The summed E-state index contributed by atoms with van der Waals surface area (Å²) in [6, 6.07) is 9.01. The van der Waals surface area contributed by atoms with E-state index in [4.69, 9.17) is 10.00 Å². The maximum absolute atomic E-state index is 12.9. The Hall–Kier alpha value is -2.74. The van der Waals surface area contributed by atoms with Crippen LogP contribution in [0.1, 0.15) is 21.6 Å². The average Bonchev–Trinajstić information content (AvgIpc) is 2.46. The van der Waals surface area contributed by atoms with Crippen LogP contribution in [0.25, 0.3) is 0 Å². The topological polar surface area (TPSA) is 63.0 Å². The number of nitriles is 1. The van der Waals surface area contributed by atoms with Gasteiger partial charge in [-0.3, -0.25) is 4.79 Å². The Balaban J connectivity index is 2.19. The van der Waals surface area contributed by atoms with E-state index in [1.54, 1.807) is 12.1 Å². The highest BCUT2D eigenvalue weighted by atomic mass is 19.1.